The number of benzene rings is 1. The van der Waals surface area contributed by atoms with E-state index >= 15 is 0 Å². The van der Waals surface area contributed by atoms with Crippen molar-refractivity contribution in [1.29, 1.82) is 0 Å². The Morgan fingerprint density at radius 2 is 1.65 bits per heavy atom. The van der Waals surface area contributed by atoms with Gasteiger partial charge < -0.3 is 9.64 Å². The second-order valence-corrected chi connectivity index (χ2v) is 8.32. The van der Waals surface area contributed by atoms with Gasteiger partial charge in [0.2, 0.25) is 5.91 Å². The highest BCUT2D eigenvalue weighted by atomic mass is 16.5. The first-order valence-corrected chi connectivity index (χ1v) is 8.80. The maximum Gasteiger partial charge on any atom is 0.226 e. The summed E-state index contributed by atoms with van der Waals surface area (Å²) in [6.45, 7) is 12.2. The van der Waals surface area contributed by atoms with Crippen molar-refractivity contribution >= 4 is 5.91 Å². The summed E-state index contributed by atoms with van der Waals surface area (Å²) in [6.07, 6.45) is 1.28. The Balaban J connectivity index is 1.64. The Hall–Kier alpha value is -1.35. The number of carbonyl (C=O) groups is 1. The average molecular weight is 315 g/mol. The highest BCUT2D eigenvalue weighted by molar-refractivity contribution is 5.83. The molecule has 3 rings (SSSR count). The van der Waals surface area contributed by atoms with Gasteiger partial charge in [0.15, 0.2) is 0 Å². The Labute approximate surface area is 140 Å². The molecule has 2 fully saturated rings. The van der Waals surface area contributed by atoms with E-state index in [0.717, 1.165) is 19.5 Å². The third kappa shape index (κ3) is 3.60. The van der Waals surface area contributed by atoms with Gasteiger partial charge in [0.25, 0.3) is 0 Å². The smallest absolute Gasteiger partial charge is 0.226 e. The van der Waals surface area contributed by atoms with Crippen molar-refractivity contribution in [3.63, 3.8) is 0 Å². The summed E-state index contributed by atoms with van der Waals surface area (Å²) in [7, 11) is 0. The topological polar surface area (TPSA) is 29.5 Å². The van der Waals surface area contributed by atoms with Crippen LogP contribution in [0.2, 0.25) is 0 Å². The zero-order chi connectivity index (χ0) is 16.8. The molecule has 1 aliphatic heterocycles. The third-order valence-electron chi connectivity index (χ3n) is 5.04. The molecule has 3 nitrogen and oxygen atoms in total. The summed E-state index contributed by atoms with van der Waals surface area (Å²) in [5.41, 5.74) is 2.84. The standard InChI is InChI=1S/C20H29NO2/c1-13-11-21(12-14(2)23-13)19(22)18-10-17(18)15-6-8-16(9-7-15)20(3,4)5/h6-9,13-14,17-18H,10-12H2,1-5H3. The third-order valence-corrected chi connectivity index (χ3v) is 5.04. The van der Waals surface area contributed by atoms with Gasteiger partial charge >= 0.3 is 0 Å². The normalized spacial score (nSPS) is 31.1. The average Bonchev–Trinajstić information content (AvgIpc) is 3.25. The number of hydrogen-bond acceptors (Lipinski definition) is 2. The zero-order valence-electron chi connectivity index (χ0n) is 15.0. The van der Waals surface area contributed by atoms with Crippen LogP contribution in [0.5, 0.6) is 0 Å². The van der Waals surface area contributed by atoms with Crippen molar-refractivity contribution in [2.45, 2.75) is 64.6 Å². The van der Waals surface area contributed by atoms with Crippen LogP contribution in [0.25, 0.3) is 0 Å². The fourth-order valence-electron chi connectivity index (χ4n) is 3.66. The highest BCUT2D eigenvalue weighted by Gasteiger charge is 2.46. The lowest BCUT2D eigenvalue weighted by Gasteiger charge is -2.35. The number of carbonyl (C=O) groups excluding carboxylic acids is 1. The number of rotatable bonds is 2. The number of ether oxygens (including phenoxy) is 1. The molecule has 0 spiro atoms. The molecule has 1 aromatic rings. The van der Waals surface area contributed by atoms with Crippen LogP contribution in [-0.4, -0.2) is 36.1 Å². The molecule has 1 saturated heterocycles. The van der Waals surface area contributed by atoms with Crippen molar-refractivity contribution in [2.75, 3.05) is 13.1 Å². The molecule has 3 heteroatoms. The summed E-state index contributed by atoms with van der Waals surface area (Å²) < 4.78 is 5.73. The molecule has 1 heterocycles. The molecule has 2 aliphatic rings. The van der Waals surface area contributed by atoms with E-state index < -0.39 is 0 Å². The molecule has 1 amide bonds. The van der Waals surface area contributed by atoms with Gasteiger partial charge in [-0.3, -0.25) is 4.79 Å². The molecular weight excluding hydrogens is 286 g/mol. The summed E-state index contributed by atoms with van der Waals surface area (Å²) >= 11 is 0. The van der Waals surface area contributed by atoms with Gasteiger partial charge in [-0.25, -0.2) is 0 Å². The van der Waals surface area contributed by atoms with Crippen LogP contribution in [0.15, 0.2) is 24.3 Å². The first-order chi connectivity index (χ1) is 10.8. The van der Waals surface area contributed by atoms with Gasteiger partial charge in [0, 0.05) is 19.0 Å². The lowest BCUT2D eigenvalue weighted by Crippen LogP contribution is -2.48. The second-order valence-electron chi connectivity index (χ2n) is 8.32. The minimum atomic E-state index is 0.144. The van der Waals surface area contributed by atoms with Crippen LogP contribution in [0.4, 0.5) is 0 Å². The molecule has 1 saturated carbocycles. The van der Waals surface area contributed by atoms with Crippen LogP contribution in [0.1, 0.15) is 58.1 Å². The molecule has 4 atom stereocenters. The Bertz CT molecular complexity index is 562. The van der Waals surface area contributed by atoms with Crippen LogP contribution >= 0.6 is 0 Å². The van der Waals surface area contributed by atoms with E-state index in [1.807, 2.05) is 18.7 Å². The molecule has 0 aromatic heterocycles. The lowest BCUT2D eigenvalue weighted by atomic mass is 9.86. The van der Waals surface area contributed by atoms with Gasteiger partial charge in [-0.1, -0.05) is 45.0 Å². The fraction of sp³-hybridized carbons (Fsp3) is 0.650. The van der Waals surface area contributed by atoms with Gasteiger partial charge in [0.1, 0.15) is 0 Å². The number of hydrogen-bond donors (Lipinski definition) is 0. The Kier molecular flexibility index (Phi) is 4.26. The van der Waals surface area contributed by atoms with Gasteiger partial charge in [-0.05, 0) is 42.7 Å². The molecule has 1 aromatic carbocycles. The molecular formula is C20H29NO2. The molecule has 0 N–H and O–H groups in total. The molecule has 4 unspecified atom stereocenters. The van der Waals surface area contributed by atoms with Crippen LogP contribution < -0.4 is 0 Å². The summed E-state index contributed by atoms with van der Waals surface area (Å²) in [5, 5.41) is 0. The lowest BCUT2D eigenvalue weighted by molar-refractivity contribution is -0.144. The van der Waals surface area contributed by atoms with Crippen molar-refractivity contribution in [3.05, 3.63) is 35.4 Å². The van der Waals surface area contributed by atoms with E-state index in [4.69, 9.17) is 4.74 Å². The van der Waals surface area contributed by atoms with Gasteiger partial charge in [-0.15, -0.1) is 0 Å². The largest absolute Gasteiger partial charge is 0.372 e. The van der Waals surface area contributed by atoms with E-state index in [9.17, 15) is 4.79 Å². The maximum absolute atomic E-state index is 12.7. The highest BCUT2D eigenvalue weighted by Crippen LogP contribution is 2.49. The fourth-order valence-corrected chi connectivity index (χ4v) is 3.66. The SMILES string of the molecule is CC1CN(C(=O)C2CC2c2ccc(C(C)(C)C)cc2)CC(C)O1. The van der Waals surface area contributed by atoms with E-state index in [0.29, 0.717) is 11.8 Å². The molecule has 0 radical (unpaired) electrons. The van der Waals surface area contributed by atoms with E-state index in [1.165, 1.54) is 11.1 Å². The van der Waals surface area contributed by atoms with Crippen LogP contribution in [0, 0.1) is 5.92 Å². The molecule has 0 bridgehead atoms. The Morgan fingerprint density at radius 3 is 2.17 bits per heavy atom. The molecule has 23 heavy (non-hydrogen) atoms. The van der Waals surface area contributed by atoms with Crippen molar-refractivity contribution in [2.24, 2.45) is 5.92 Å². The van der Waals surface area contributed by atoms with Crippen LogP contribution in [0.3, 0.4) is 0 Å². The van der Waals surface area contributed by atoms with E-state index in [-0.39, 0.29) is 23.5 Å². The first kappa shape index (κ1) is 16.5. The second kappa shape index (κ2) is 5.94. The quantitative estimate of drug-likeness (QED) is 0.832. The minimum Gasteiger partial charge on any atom is -0.372 e. The predicted octanol–water partition coefficient (Wildman–Crippen LogP) is 3.72. The zero-order valence-corrected chi connectivity index (χ0v) is 15.0. The Morgan fingerprint density at radius 1 is 1.09 bits per heavy atom. The van der Waals surface area contributed by atoms with Crippen molar-refractivity contribution < 1.29 is 9.53 Å². The van der Waals surface area contributed by atoms with Gasteiger partial charge in [0.05, 0.1) is 12.2 Å². The maximum atomic E-state index is 12.7. The molecule has 126 valence electrons. The summed E-state index contributed by atoms with van der Waals surface area (Å²) in [4.78, 5) is 14.7. The first-order valence-electron chi connectivity index (χ1n) is 8.80. The van der Waals surface area contributed by atoms with Crippen LogP contribution in [-0.2, 0) is 14.9 Å². The summed E-state index contributed by atoms with van der Waals surface area (Å²) in [6, 6.07) is 8.86. The summed E-state index contributed by atoms with van der Waals surface area (Å²) in [5.74, 6) is 0.898. The predicted molar refractivity (Wildman–Crippen MR) is 92.6 cm³/mol. The monoisotopic (exact) mass is 315 g/mol. The van der Waals surface area contributed by atoms with Crippen molar-refractivity contribution in [3.8, 4) is 0 Å². The van der Waals surface area contributed by atoms with E-state index in [2.05, 4.69) is 45.0 Å². The number of amides is 1. The molecule has 1 aliphatic carbocycles. The number of morpholine rings is 1. The van der Waals surface area contributed by atoms with Crippen molar-refractivity contribution in [1.82, 2.24) is 4.90 Å². The minimum absolute atomic E-state index is 0.144. The van der Waals surface area contributed by atoms with E-state index in [1.54, 1.807) is 0 Å². The van der Waals surface area contributed by atoms with Gasteiger partial charge in [-0.2, -0.15) is 0 Å². The number of nitrogens with zero attached hydrogens (tertiary/aromatic N) is 1.